The number of aromatic amines is 1. The Morgan fingerprint density at radius 1 is 1.13 bits per heavy atom. The molecule has 4 nitrogen and oxygen atoms in total. The van der Waals surface area contributed by atoms with E-state index in [1.165, 1.54) is 0 Å². The van der Waals surface area contributed by atoms with E-state index in [1.807, 2.05) is 57.2 Å². The quantitative estimate of drug-likeness (QED) is 0.353. The number of nitrogens with zero attached hydrogens (tertiary/aromatic N) is 1. The van der Waals surface area contributed by atoms with Crippen molar-refractivity contribution >= 4 is 55.4 Å². The number of aliphatic hydroxyl groups is 1. The van der Waals surface area contributed by atoms with E-state index in [1.54, 1.807) is 11.3 Å². The molecule has 30 heavy (non-hydrogen) atoms. The number of rotatable bonds is 2. The first-order valence-electron chi connectivity index (χ1n) is 9.87. The molecule has 2 aromatic carbocycles. The summed E-state index contributed by atoms with van der Waals surface area (Å²) in [5.74, 6) is 0.111. The summed E-state index contributed by atoms with van der Waals surface area (Å²) in [6, 6.07) is 11.6. The Balaban J connectivity index is 1.90. The van der Waals surface area contributed by atoms with Gasteiger partial charge in [-0.2, -0.15) is 0 Å². The molecule has 0 saturated heterocycles. The van der Waals surface area contributed by atoms with Crippen molar-refractivity contribution < 1.29 is 9.90 Å². The van der Waals surface area contributed by atoms with Crippen LogP contribution in [0.25, 0.3) is 38.0 Å². The maximum Gasteiger partial charge on any atom is 0.167 e. The number of allylic oxidation sites excluding steroid dienone is 2. The van der Waals surface area contributed by atoms with Gasteiger partial charge < -0.3 is 10.1 Å². The van der Waals surface area contributed by atoms with Crippen LogP contribution in [0.1, 0.15) is 37.3 Å². The predicted octanol–water partition coefficient (Wildman–Crippen LogP) is 7.06. The Bertz CT molecular complexity index is 1360. The molecule has 0 spiro atoms. The molecule has 4 aromatic rings. The van der Waals surface area contributed by atoms with Crippen molar-refractivity contribution in [2.75, 3.05) is 0 Å². The second-order valence-corrected chi connectivity index (χ2v) is 10.4. The van der Waals surface area contributed by atoms with E-state index in [-0.39, 0.29) is 17.0 Å². The van der Waals surface area contributed by atoms with Gasteiger partial charge >= 0.3 is 0 Å². The fourth-order valence-electron chi connectivity index (χ4n) is 4.44. The number of carbonyl (C=O) groups is 1. The molecule has 0 unspecified atom stereocenters. The molecule has 2 heterocycles. The van der Waals surface area contributed by atoms with Crippen LogP contribution in [-0.4, -0.2) is 20.9 Å². The van der Waals surface area contributed by atoms with Gasteiger partial charge in [0.15, 0.2) is 5.78 Å². The third-order valence-electron chi connectivity index (χ3n) is 5.66. The number of hydrogen-bond acceptors (Lipinski definition) is 4. The average Bonchev–Trinajstić information content (AvgIpc) is 3.21. The van der Waals surface area contributed by atoms with Crippen molar-refractivity contribution in [3.05, 3.63) is 57.8 Å². The van der Waals surface area contributed by atoms with E-state index in [0.717, 1.165) is 42.9 Å². The van der Waals surface area contributed by atoms with E-state index in [2.05, 4.69) is 4.98 Å². The highest BCUT2D eigenvalue weighted by molar-refractivity contribution is 7.18. The maximum atomic E-state index is 13.3. The van der Waals surface area contributed by atoms with Gasteiger partial charge in [-0.25, -0.2) is 4.98 Å². The standard InChI is InChI=1S/C24H21ClN2O2S/c1-12-26-23-18(30-12)9-8-15-19(23)21(20-16(28)10-24(2,3)11-17(20)29)22(27-15)13-4-6-14(25)7-5-13/h4-9,27-28H,10-11H2,1-3H3. The van der Waals surface area contributed by atoms with Gasteiger partial charge in [0.25, 0.3) is 0 Å². The first-order chi connectivity index (χ1) is 14.2. The molecule has 1 aliphatic carbocycles. The topological polar surface area (TPSA) is 66.0 Å². The SMILES string of the molecule is Cc1nc2c(ccc3[nH]c(-c4ccc(Cl)cc4)c(C4=C(O)CC(C)(C)CC4=O)c32)s1. The number of Topliss-reactive ketones (excluding diaryl/α,β-unsaturated/α-hetero) is 1. The number of aromatic nitrogens is 2. The summed E-state index contributed by atoms with van der Waals surface area (Å²) in [6.07, 6.45) is 0.859. The molecule has 0 aliphatic heterocycles. The van der Waals surface area contributed by atoms with Gasteiger partial charge in [0.05, 0.1) is 26.5 Å². The molecule has 152 valence electrons. The van der Waals surface area contributed by atoms with Crippen LogP contribution in [0.5, 0.6) is 0 Å². The Morgan fingerprint density at radius 2 is 1.87 bits per heavy atom. The van der Waals surface area contributed by atoms with Crippen LogP contribution in [0.3, 0.4) is 0 Å². The van der Waals surface area contributed by atoms with Crippen LogP contribution >= 0.6 is 22.9 Å². The third-order valence-corrected chi connectivity index (χ3v) is 6.85. The third kappa shape index (κ3) is 3.04. The summed E-state index contributed by atoms with van der Waals surface area (Å²) in [7, 11) is 0. The summed E-state index contributed by atoms with van der Waals surface area (Å²) in [4.78, 5) is 21.5. The Morgan fingerprint density at radius 3 is 2.57 bits per heavy atom. The number of thiazole rings is 1. The average molecular weight is 437 g/mol. The molecule has 2 aromatic heterocycles. The van der Waals surface area contributed by atoms with Gasteiger partial charge in [0, 0.05) is 34.3 Å². The molecule has 0 atom stereocenters. The van der Waals surface area contributed by atoms with Crippen molar-refractivity contribution in [3.63, 3.8) is 0 Å². The summed E-state index contributed by atoms with van der Waals surface area (Å²) < 4.78 is 1.06. The zero-order chi connectivity index (χ0) is 21.2. The van der Waals surface area contributed by atoms with E-state index in [0.29, 0.717) is 23.4 Å². The van der Waals surface area contributed by atoms with E-state index in [9.17, 15) is 9.90 Å². The van der Waals surface area contributed by atoms with Crippen LogP contribution in [-0.2, 0) is 4.79 Å². The van der Waals surface area contributed by atoms with Gasteiger partial charge in [0.2, 0.25) is 0 Å². The molecule has 0 amide bonds. The first kappa shape index (κ1) is 19.3. The molecule has 2 N–H and O–H groups in total. The highest BCUT2D eigenvalue weighted by atomic mass is 35.5. The highest BCUT2D eigenvalue weighted by Gasteiger charge is 2.36. The number of halogens is 1. The lowest BCUT2D eigenvalue weighted by Gasteiger charge is -2.29. The van der Waals surface area contributed by atoms with Crippen LogP contribution in [0.4, 0.5) is 0 Å². The molecule has 0 saturated carbocycles. The molecular formula is C24H21ClN2O2S. The first-order valence-corrected chi connectivity index (χ1v) is 11.1. The minimum Gasteiger partial charge on any atom is -0.512 e. The summed E-state index contributed by atoms with van der Waals surface area (Å²) in [5, 5.41) is 13.5. The largest absolute Gasteiger partial charge is 0.512 e. The normalized spacial score (nSPS) is 16.7. The number of aryl methyl sites for hydroxylation is 1. The fraction of sp³-hybridized carbons (Fsp3) is 0.250. The highest BCUT2D eigenvalue weighted by Crippen LogP contribution is 2.46. The minimum absolute atomic E-state index is 0.0381. The number of nitrogens with one attached hydrogen (secondary N) is 1. The number of fused-ring (bicyclic) bond motifs is 3. The van der Waals surface area contributed by atoms with Crippen molar-refractivity contribution in [3.8, 4) is 11.3 Å². The lowest BCUT2D eigenvalue weighted by atomic mass is 9.74. The molecule has 1 aliphatic rings. The van der Waals surface area contributed by atoms with Crippen molar-refractivity contribution in [2.24, 2.45) is 5.41 Å². The van der Waals surface area contributed by atoms with Crippen LogP contribution < -0.4 is 0 Å². The zero-order valence-corrected chi connectivity index (χ0v) is 18.5. The second kappa shape index (κ2) is 6.69. The van der Waals surface area contributed by atoms with Gasteiger partial charge in [-0.15, -0.1) is 11.3 Å². The van der Waals surface area contributed by atoms with Gasteiger partial charge in [-0.3, -0.25) is 4.79 Å². The monoisotopic (exact) mass is 436 g/mol. The fourth-order valence-corrected chi connectivity index (χ4v) is 5.40. The molecule has 5 rings (SSSR count). The van der Waals surface area contributed by atoms with Crippen molar-refractivity contribution in [2.45, 2.75) is 33.6 Å². The Hall–Kier alpha value is -2.63. The molecule has 0 fully saturated rings. The molecule has 0 radical (unpaired) electrons. The summed E-state index contributed by atoms with van der Waals surface area (Å²) >= 11 is 7.73. The number of ketones is 1. The van der Waals surface area contributed by atoms with Crippen LogP contribution in [0.15, 0.2) is 42.2 Å². The zero-order valence-electron chi connectivity index (χ0n) is 17.0. The number of carbonyl (C=O) groups excluding carboxylic acids is 1. The lowest BCUT2D eigenvalue weighted by Crippen LogP contribution is -2.25. The van der Waals surface area contributed by atoms with Gasteiger partial charge in [-0.1, -0.05) is 37.6 Å². The number of benzene rings is 2. The molecule has 0 bridgehead atoms. The predicted molar refractivity (Wildman–Crippen MR) is 124 cm³/mol. The maximum absolute atomic E-state index is 13.3. The van der Waals surface area contributed by atoms with Crippen LogP contribution in [0.2, 0.25) is 5.02 Å². The Kier molecular flexibility index (Phi) is 4.31. The molecular weight excluding hydrogens is 416 g/mol. The molecule has 6 heteroatoms. The minimum atomic E-state index is -0.260. The summed E-state index contributed by atoms with van der Waals surface area (Å²) in [6.45, 7) is 6.00. The number of aliphatic hydroxyl groups excluding tert-OH is 1. The van der Waals surface area contributed by atoms with Crippen molar-refractivity contribution in [1.82, 2.24) is 9.97 Å². The lowest BCUT2D eigenvalue weighted by molar-refractivity contribution is -0.116. The van der Waals surface area contributed by atoms with E-state index >= 15 is 0 Å². The number of H-pyrrole nitrogens is 1. The number of hydrogen-bond donors (Lipinski definition) is 2. The van der Waals surface area contributed by atoms with Gasteiger partial charge in [0.1, 0.15) is 5.76 Å². The van der Waals surface area contributed by atoms with Crippen molar-refractivity contribution in [1.29, 1.82) is 0 Å². The van der Waals surface area contributed by atoms with E-state index < -0.39 is 0 Å². The smallest absolute Gasteiger partial charge is 0.167 e. The summed E-state index contributed by atoms with van der Waals surface area (Å²) in [5.41, 5.74) is 4.34. The van der Waals surface area contributed by atoms with Crippen LogP contribution in [0, 0.1) is 12.3 Å². The Labute approximate surface area is 183 Å². The second-order valence-electron chi connectivity index (χ2n) is 8.71. The van der Waals surface area contributed by atoms with Gasteiger partial charge in [-0.05, 0) is 42.2 Å². The van der Waals surface area contributed by atoms with E-state index in [4.69, 9.17) is 16.6 Å².